The van der Waals surface area contributed by atoms with Crippen molar-refractivity contribution in [3.8, 4) is 23.5 Å². The maximum absolute atomic E-state index is 5.80. The molecule has 0 radical (unpaired) electrons. The average Bonchev–Trinajstić information content (AvgIpc) is 2.75. The lowest BCUT2D eigenvalue weighted by atomic mass is 10.2. The van der Waals surface area contributed by atoms with Gasteiger partial charge in [-0.3, -0.25) is 5.43 Å². The van der Waals surface area contributed by atoms with Gasteiger partial charge < -0.3 is 19.5 Å². The van der Waals surface area contributed by atoms with Crippen LogP contribution in [0.4, 0.5) is 5.69 Å². The summed E-state index contributed by atoms with van der Waals surface area (Å²) < 4.78 is 16.1. The second-order valence-corrected chi connectivity index (χ2v) is 5.97. The van der Waals surface area contributed by atoms with Crippen LogP contribution in [0.1, 0.15) is 5.56 Å². The number of thiocarbonyl (C=S) groups is 1. The van der Waals surface area contributed by atoms with Gasteiger partial charge in [0, 0.05) is 11.3 Å². The van der Waals surface area contributed by atoms with E-state index in [-0.39, 0.29) is 6.01 Å². The minimum atomic E-state index is 0.0938. The molecule has 0 bridgehead atoms. The first-order chi connectivity index (χ1) is 14.2. The molecule has 0 aliphatic carbocycles. The average molecular weight is 409 g/mol. The number of hydrazone groups is 1. The molecule has 0 fully saturated rings. The Kier molecular flexibility index (Phi) is 6.90. The Morgan fingerprint density at radius 3 is 2.31 bits per heavy atom. The number of hydrogen-bond donors (Lipinski definition) is 2. The van der Waals surface area contributed by atoms with E-state index in [4.69, 9.17) is 26.4 Å². The molecule has 3 aromatic rings. The number of benzene rings is 2. The minimum absolute atomic E-state index is 0.0938. The summed E-state index contributed by atoms with van der Waals surface area (Å²) in [5, 5.41) is 7.56. The number of ether oxygens (including phenoxy) is 3. The Bertz CT molecular complexity index is 976. The molecule has 0 atom stereocenters. The highest BCUT2D eigenvalue weighted by molar-refractivity contribution is 7.80. The predicted octanol–water partition coefficient (Wildman–Crippen LogP) is 3.61. The molecule has 8 nitrogen and oxygen atoms in total. The molecule has 0 saturated heterocycles. The number of nitrogens with one attached hydrogen (secondary N) is 2. The molecule has 1 heterocycles. The van der Waals surface area contributed by atoms with Gasteiger partial charge in [0.15, 0.2) is 5.11 Å². The van der Waals surface area contributed by atoms with Crippen LogP contribution in [0.3, 0.4) is 0 Å². The zero-order chi connectivity index (χ0) is 20.5. The fraction of sp³-hybridized carbons (Fsp3) is 0.100. The van der Waals surface area contributed by atoms with Crippen molar-refractivity contribution in [1.82, 2.24) is 15.4 Å². The van der Waals surface area contributed by atoms with Crippen molar-refractivity contribution < 1.29 is 14.2 Å². The molecule has 2 N–H and O–H groups in total. The third kappa shape index (κ3) is 5.88. The van der Waals surface area contributed by atoms with Gasteiger partial charge in [0.05, 0.1) is 26.5 Å². The highest BCUT2D eigenvalue weighted by atomic mass is 32.1. The molecule has 0 amide bonds. The molecule has 2 aromatic carbocycles. The Morgan fingerprint density at radius 1 is 0.966 bits per heavy atom. The second kappa shape index (κ2) is 10.00. The number of anilines is 1. The van der Waals surface area contributed by atoms with Crippen molar-refractivity contribution >= 4 is 29.2 Å². The molecule has 0 aliphatic heterocycles. The van der Waals surface area contributed by atoms with Gasteiger partial charge in [-0.15, -0.1) is 0 Å². The van der Waals surface area contributed by atoms with E-state index < -0.39 is 0 Å². The van der Waals surface area contributed by atoms with Crippen molar-refractivity contribution in [3.05, 3.63) is 66.2 Å². The molecule has 148 valence electrons. The van der Waals surface area contributed by atoms with E-state index >= 15 is 0 Å². The Labute approximate surface area is 173 Å². The summed E-state index contributed by atoms with van der Waals surface area (Å²) in [5.74, 6) is 1.17. The van der Waals surface area contributed by atoms with E-state index in [1.54, 1.807) is 18.3 Å². The molecule has 1 aromatic heterocycles. The van der Waals surface area contributed by atoms with Gasteiger partial charge in [-0.25, -0.2) is 0 Å². The van der Waals surface area contributed by atoms with Crippen molar-refractivity contribution in [2.45, 2.75) is 0 Å². The maximum Gasteiger partial charge on any atom is 0.328 e. The summed E-state index contributed by atoms with van der Waals surface area (Å²) >= 11 is 5.23. The summed E-state index contributed by atoms with van der Waals surface area (Å²) in [5.41, 5.74) is 4.34. The number of para-hydroxylation sites is 2. The molecule has 3 rings (SSSR count). The lowest BCUT2D eigenvalue weighted by Crippen LogP contribution is -2.23. The molecule has 0 saturated carbocycles. The van der Waals surface area contributed by atoms with Gasteiger partial charge in [-0.2, -0.15) is 15.1 Å². The van der Waals surface area contributed by atoms with Crippen LogP contribution in [0.2, 0.25) is 0 Å². The van der Waals surface area contributed by atoms with Gasteiger partial charge in [-0.05, 0) is 36.5 Å². The molecule has 0 unspecified atom stereocenters. The zero-order valence-corrected chi connectivity index (χ0v) is 16.6. The molecule has 0 aliphatic rings. The van der Waals surface area contributed by atoms with Crippen LogP contribution in [0, 0.1) is 0 Å². The van der Waals surface area contributed by atoms with Gasteiger partial charge in [0.2, 0.25) is 11.8 Å². The highest BCUT2D eigenvalue weighted by Crippen LogP contribution is 2.25. The second-order valence-electron chi connectivity index (χ2n) is 5.57. The van der Waals surface area contributed by atoms with Crippen LogP contribution >= 0.6 is 12.2 Å². The van der Waals surface area contributed by atoms with E-state index in [2.05, 4.69) is 25.8 Å². The van der Waals surface area contributed by atoms with Crippen LogP contribution in [0.5, 0.6) is 23.5 Å². The molecular weight excluding hydrogens is 390 g/mol. The summed E-state index contributed by atoms with van der Waals surface area (Å²) in [6.45, 7) is 0. The third-order valence-corrected chi connectivity index (χ3v) is 3.79. The minimum Gasteiger partial charge on any atom is -0.481 e. The van der Waals surface area contributed by atoms with Crippen LogP contribution in [-0.4, -0.2) is 35.5 Å². The molecule has 29 heavy (non-hydrogen) atoms. The van der Waals surface area contributed by atoms with Crippen molar-refractivity contribution in [1.29, 1.82) is 0 Å². The first-order valence-electron chi connectivity index (χ1n) is 8.57. The van der Waals surface area contributed by atoms with E-state index in [0.29, 0.717) is 28.2 Å². The van der Waals surface area contributed by atoms with Crippen LogP contribution in [0.25, 0.3) is 0 Å². The normalized spacial score (nSPS) is 10.4. The topological polar surface area (TPSA) is 89.9 Å². The zero-order valence-electron chi connectivity index (χ0n) is 15.8. The van der Waals surface area contributed by atoms with E-state index in [0.717, 1.165) is 5.69 Å². The van der Waals surface area contributed by atoms with Gasteiger partial charge in [0.25, 0.3) is 0 Å². The SMILES string of the molecule is COc1cc(OC)nc(Oc2ccccc2C=NNC(=S)Nc2ccccc2)n1. The summed E-state index contributed by atoms with van der Waals surface area (Å²) in [6.07, 6.45) is 1.59. The fourth-order valence-electron chi connectivity index (χ4n) is 2.26. The fourth-order valence-corrected chi connectivity index (χ4v) is 2.43. The molecule has 9 heteroatoms. The number of aromatic nitrogens is 2. The van der Waals surface area contributed by atoms with Crippen LogP contribution in [0.15, 0.2) is 65.8 Å². The lowest BCUT2D eigenvalue weighted by molar-refractivity contribution is 0.348. The molecular formula is C20H19N5O3S. The van der Waals surface area contributed by atoms with Gasteiger partial charge in [0.1, 0.15) is 5.75 Å². The smallest absolute Gasteiger partial charge is 0.328 e. The lowest BCUT2D eigenvalue weighted by Gasteiger charge is -2.09. The van der Waals surface area contributed by atoms with Crippen molar-refractivity contribution in [2.24, 2.45) is 5.10 Å². The Hall–Kier alpha value is -3.72. The summed E-state index contributed by atoms with van der Waals surface area (Å²) in [7, 11) is 3.01. The predicted molar refractivity (Wildman–Crippen MR) is 115 cm³/mol. The van der Waals surface area contributed by atoms with Gasteiger partial charge in [-0.1, -0.05) is 30.3 Å². The summed E-state index contributed by atoms with van der Waals surface area (Å²) in [6, 6.07) is 18.5. The standard InChI is InChI=1S/C20H19N5O3S/c1-26-17-12-18(27-2)24-19(23-17)28-16-11-7-6-8-14(16)13-21-25-20(29)22-15-9-4-3-5-10-15/h3-13H,1-2H3,(H2,22,25,29). The number of methoxy groups -OCH3 is 2. The number of hydrogen-bond acceptors (Lipinski definition) is 7. The van der Waals surface area contributed by atoms with E-state index in [1.165, 1.54) is 14.2 Å². The number of nitrogens with zero attached hydrogens (tertiary/aromatic N) is 3. The largest absolute Gasteiger partial charge is 0.481 e. The quantitative estimate of drug-likeness (QED) is 0.348. The van der Waals surface area contributed by atoms with E-state index in [9.17, 15) is 0 Å². The highest BCUT2D eigenvalue weighted by Gasteiger charge is 2.09. The van der Waals surface area contributed by atoms with Crippen LogP contribution in [-0.2, 0) is 0 Å². The Morgan fingerprint density at radius 2 is 1.62 bits per heavy atom. The van der Waals surface area contributed by atoms with Crippen LogP contribution < -0.4 is 25.0 Å². The number of rotatable bonds is 7. The molecule has 0 spiro atoms. The monoisotopic (exact) mass is 409 g/mol. The van der Waals surface area contributed by atoms with Crippen molar-refractivity contribution in [2.75, 3.05) is 19.5 Å². The van der Waals surface area contributed by atoms with Gasteiger partial charge >= 0.3 is 6.01 Å². The van der Waals surface area contributed by atoms with Crippen molar-refractivity contribution in [3.63, 3.8) is 0 Å². The third-order valence-electron chi connectivity index (χ3n) is 3.60. The van der Waals surface area contributed by atoms with E-state index in [1.807, 2.05) is 48.5 Å². The first kappa shape index (κ1) is 20.0. The maximum atomic E-state index is 5.80. The Balaban J connectivity index is 1.69. The first-order valence-corrected chi connectivity index (χ1v) is 8.98. The summed E-state index contributed by atoms with van der Waals surface area (Å²) in [4.78, 5) is 8.33.